The summed E-state index contributed by atoms with van der Waals surface area (Å²) >= 11 is 6.31. The molecule has 3 saturated heterocycles. The highest BCUT2D eigenvalue weighted by molar-refractivity contribution is 6.32. The maximum absolute atomic E-state index is 12.4. The lowest BCUT2D eigenvalue weighted by Gasteiger charge is -2.37. The summed E-state index contributed by atoms with van der Waals surface area (Å²) in [4.78, 5) is 47.7. The number of carbonyl (C=O) groups excluding carboxylic acids is 2. The third kappa shape index (κ3) is 6.80. The number of hydrogen-bond acceptors (Lipinski definition) is 9. The number of piperidine rings is 2. The van der Waals surface area contributed by atoms with Gasteiger partial charge >= 0.3 is 0 Å². The van der Waals surface area contributed by atoms with Gasteiger partial charge in [-0.05, 0) is 54.6 Å². The second kappa shape index (κ2) is 13.1. The number of pyridine rings is 1. The summed E-state index contributed by atoms with van der Waals surface area (Å²) in [5.74, 6) is 0.533. The van der Waals surface area contributed by atoms with Crippen LogP contribution in [0.2, 0.25) is 5.02 Å². The van der Waals surface area contributed by atoms with Gasteiger partial charge in [0.2, 0.25) is 11.8 Å². The molecule has 3 atom stereocenters. The van der Waals surface area contributed by atoms with Crippen molar-refractivity contribution in [2.75, 3.05) is 56.5 Å². The minimum Gasteiger partial charge on any atom is -0.378 e. The van der Waals surface area contributed by atoms with E-state index in [9.17, 15) is 14.4 Å². The number of aromatic nitrogens is 3. The van der Waals surface area contributed by atoms with Gasteiger partial charge in [0.25, 0.3) is 5.56 Å². The maximum Gasteiger partial charge on any atom is 0.287 e. The lowest BCUT2D eigenvalue weighted by atomic mass is 9.87. The number of anilines is 2. The van der Waals surface area contributed by atoms with Crippen LogP contribution in [-0.4, -0.2) is 88.7 Å². The molecule has 2 aromatic heterocycles. The van der Waals surface area contributed by atoms with Gasteiger partial charge in [-0.2, -0.15) is 5.10 Å². The van der Waals surface area contributed by atoms with Crippen molar-refractivity contribution in [3.8, 4) is 0 Å². The molecule has 12 heteroatoms. The highest BCUT2D eigenvalue weighted by Crippen LogP contribution is 2.30. The van der Waals surface area contributed by atoms with Crippen LogP contribution in [-0.2, 0) is 23.2 Å². The van der Waals surface area contributed by atoms with Crippen molar-refractivity contribution in [3.05, 3.63) is 80.9 Å². The predicted octanol–water partition coefficient (Wildman–Crippen LogP) is 2.57. The van der Waals surface area contributed by atoms with Gasteiger partial charge in [-0.25, -0.2) is 9.67 Å². The Balaban J connectivity index is 1.02. The number of rotatable bonds is 7. The fourth-order valence-electron chi connectivity index (χ4n) is 6.62. The molecule has 5 heterocycles. The third-order valence-corrected chi connectivity index (χ3v) is 9.40. The minimum absolute atomic E-state index is 0.153. The first-order chi connectivity index (χ1) is 21.2. The van der Waals surface area contributed by atoms with Gasteiger partial charge in [0, 0.05) is 71.5 Å². The summed E-state index contributed by atoms with van der Waals surface area (Å²) in [6, 6.07) is 13.0. The van der Waals surface area contributed by atoms with Crippen molar-refractivity contribution >= 4 is 34.9 Å². The van der Waals surface area contributed by atoms with Crippen molar-refractivity contribution in [2.24, 2.45) is 7.05 Å². The number of piperazine rings is 1. The Morgan fingerprint density at radius 1 is 1.00 bits per heavy atom. The van der Waals surface area contributed by atoms with E-state index in [1.54, 1.807) is 19.4 Å². The summed E-state index contributed by atoms with van der Waals surface area (Å²) in [5.41, 5.74) is 3.80. The van der Waals surface area contributed by atoms with Crippen LogP contribution < -0.4 is 21.1 Å². The van der Waals surface area contributed by atoms with Gasteiger partial charge in [0.05, 0.1) is 17.8 Å². The van der Waals surface area contributed by atoms with Gasteiger partial charge in [-0.3, -0.25) is 24.6 Å². The van der Waals surface area contributed by atoms with Crippen LogP contribution in [0.3, 0.4) is 0 Å². The van der Waals surface area contributed by atoms with E-state index in [0.717, 1.165) is 63.6 Å². The number of likely N-dealkylation sites (tertiary alicyclic amines) is 1. The number of halogens is 1. The zero-order chi connectivity index (χ0) is 30.8. The van der Waals surface area contributed by atoms with Gasteiger partial charge in [-0.1, -0.05) is 35.9 Å². The highest BCUT2D eigenvalue weighted by atomic mass is 35.5. The normalized spacial score (nSPS) is 23.4. The van der Waals surface area contributed by atoms with Crippen LogP contribution in [0.1, 0.15) is 47.8 Å². The SMILES string of the molecule is CN1CC(Nc2cnn(C)c(=O)c2Cl)CC(c2ccc(CN3CCN(c4cc(C5CCC(=O)NC5=O)ccn4)CC3)cc2)C1. The van der Waals surface area contributed by atoms with Crippen molar-refractivity contribution in [1.29, 1.82) is 0 Å². The largest absolute Gasteiger partial charge is 0.378 e. The molecule has 0 saturated carbocycles. The number of nitrogens with zero attached hydrogens (tertiary/aromatic N) is 6. The summed E-state index contributed by atoms with van der Waals surface area (Å²) in [6.07, 6.45) is 5.24. The monoisotopic (exact) mass is 618 g/mol. The molecule has 0 radical (unpaired) electrons. The molecule has 1 aromatic carbocycles. The first kappa shape index (κ1) is 30.2. The Morgan fingerprint density at radius 3 is 2.52 bits per heavy atom. The molecular weight excluding hydrogens is 580 g/mol. The van der Waals surface area contributed by atoms with Crippen LogP contribution in [0.15, 0.2) is 53.6 Å². The molecule has 3 aromatic rings. The van der Waals surface area contributed by atoms with Crippen LogP contribution in [0.4, 0.5) is 11.5 Å². The summed E-state index contributed by atoms with van der Waals surface area (Å²) in [6.45, 7) is 6.30. The van der Waals surface area contributed by atoms with E-state index in [1.807, 2.05) is 12.1 Å². The molecular formula is C32H39ClN8O3. The average molecular weight is 619 g/mol. The van der Waals surface area contributed by atoms with Gasteiger partial charge in [0.1, 0.15) is 10.8 Å². The van der Waals surface area contributed by atoms with E-state index in [1.165, 1.54) is 15.8 Å². The maximum atomic E-state index is 12.4. The van der Waals surface area contributed by atoms with E-state index in [4.69, 9.17) is 11.6 Å². The molecule has 232 valence electrons. The molecule has 2 N–H and O–H groups in total. The summed E-state index contributed by atoms with van der Waals surface area (Å²) < 4.78 is 1.24. The molecule has 3 aliphatic rings. The van der Waals surface area contributed by atoms with Gasteiger partial charge < -0.3 is 15.1 Å². The zero-order valence-corrected chi connectivity index (χ0v) is 26.0. The molecule has 3 unspecified atom stereocenters. The Bertz CT molecular complexity index is 1570. The Morgan fingerprint density at radius 2 is 1.77 bits per heavy atom. The van der Waals surface area contributed by atoms with Crippen LogP contribution in [0, 0.1) is 0 Å². The van der Waals surface area contributed by atoms with Crippen LogP contribution in [0.25, 0.3) is 0 Å². The smallest absolute Gasteiger partial charge is 0.287 e. The molecule has 0 spiro atoms. The van der Waals surface area contributed by atoms with Gasteiger partial charge in [0.15, 0.2) is 0 Å². The summed E-state index contributed by atoms with van der Waals surface area (Å²) in [5, 5.41) is 10.2. The number of carbonyl (C=O) groups is 2. The number of nitrogens with one attached hydrogen (secondary N) is 2. The first-order valence-corrected chi connectivity index (χ1v) is 15.6. The third-order valence-electron chi connectivity index (χ3n) is 9.04. The Hall–Kier alpha value is -3.80. The number of hydrogen-bond donors (Lipinski definition) is 2. The van der Waals surface area contributed by atoms with Crippen molar-refractivity contribution in [1.82, 2.24) is 29.9 Å². The first-order valence-electron chi connectivity index (χ1n) is 15.3. The van der Waals surface area contributed by atoms with Crippen LogP contribution in [0.5, 0.6) is 0 Å². The Labute approximate surface area is 262 Å². The van der Waals surface area contributed by atoms with E-state index in [0.29, 0.717) is 24.4 Å². The predicted molar refractivity (Wildman–Crippen MR) is 170 cm³/mol. The Kier molecular flexibility index (Phi) is 8.97. The molecule has 2 amide bonds. The molecule has 3 fully saturated rings. The average Bonchev–Trinajstić information content (AvgIpc) is 3.02. The molecule has 44 heavy (non-hydrogen) atoms. The second-order valence-corrected chi connectivity index (χ2v) is 12.6. The molecule has 0 aliphatic carbocycles. The van der Waals surface area contributed by atoms with Crippen molar-refractivity contribution in [2.45, 2.75) is 43.7 Å². The van der Waals surface area contributed by atoms with Gasteiger partial charge in [-0.15, -0.1) is 0 Å². The van der Waals surface area contributed by atoms with E-state index < -0.39 is 0 Å². The fraction of sp³-hybridized carbons (Fsp3) is 0.469. The summed E-state index contributed by atoms with van der Waals surface area (Å²) in [7, 11) is 3.72. The van der Waals surface area contributed by atoms with E-state index >= 15 is 0 Å². The quantitative estimate of drug-likeness (QED) is 0.386. The highest BCUT2D eigenvalue weighted by Gasteiger charge is 2.30. The lowest BCUT2D eigenvalue weighted by molar-refractivity contribution is -0.134. The molecule has 3 aliphatic heterocycles. The number of likely N-dealkylation sites (N-methyl/N-ethyl adjacent to an activating group) is 1. The topological polar surface area (TPSA) is 116 Å². The standard InChI is InChI=1S/C32H39ClN8O3/c1-38-19-24(15-25(20-38)36-27-17-35-39(2)32(44)30(27)33)22-5-3-21(4-6-22)18-40-11-13-41(14-12-40)28-16-23(9-10-34-28)26-7-8-29(42)37-31(26)43/h3-6,9-10,16-17,24-26,36H,7-8,11-15,18-20H2,1-2H3,(H,37,42,43). The number of aryl methyl sites for hydroxylation is 1. The zero-order valence-electron chi connectivity index (χ0n) is 25.2. The lowest BCUT2D eigenvalue weighted by Crippen LogP contribution is -2.46. The van der Waals surface area contributed by atoms with E-state index in [2.05, 4.69) is 66.7 Å². The number of imide groups is 1. The minimum atomic E-state index is -0.301. The molecule has 6 rings (SSSR count). The second-order valence-electron chi connectivity index (χ2n) is 12.3. The van der Waals surface area contributed by atoms with Crippen molar-refractivity contribution < 1.29 is 9.59 Å². The van der Waals surface area contributed by atoms with Crippen LogP contribution >= 0.6 is 11.6 Å². The number of amides is 2. The fourth-order valence-corrected chi connectivity index (χ4v) is 6.85. The van der Waals surface area contributed by atoms with Crippen molar-refractivity contribution in [3.63, 3.8) is 0 Å². The molecule has 11 nitrogen and oxygen atoms in total. The molecule has 0 bridgehead atoms. The number of benzene rings is 1. The van der Waals surface area contributed by atoms with E-state index in [-0.39, 0.29) is 34.4 Å².